The van der Waals surface area contributed by atoms with Crippen molar-refractivity contribution in [1.29, 1.82) is 5.26 Å². The van der Waals surface area contributed by atoms with E-state index >= 15 is 0 Å². The zero-order valence-corrected chi connectivity index (χ0v) is 20.5. The topological polar surface area (TPSA) is 50.6 Å². The predicted octanol–water partition coefficient (Wildman–Crippen LogP) is 5.37. The lowest BCUT2D eigenvalue weighted by Crippen LogP contribution is -2.56. The second kappa shape index (κ2) is 9.07. The Morgan fingerprint density at radius 2 is 1.68 bits per heavy atom. The molecule has 2 aliphatic carbocycles. The Bertz CT molecular complexity index is 1060. The summed E-state index contributed by atoms with van der Waals surface area (Å²) in [4.78, 5) is 20.4. The van der Waals surface area contributed by atoms with Gasteiger partial charge in [-0.3, -0.25) is 4.90 Å². The van der Waals surface area contributed by atoms with E-state index in [9.17, 15) is 10.1 Å². The smallest absolute Gasteiger partial charge is 0.318 e. The van der Waals surface area contributed by atoms with Crippen LogP contribution in [0.5, 0.6) is 0 Å². The van der Waals surface area contributed by atoms with Crippen molar-refractivity contribution >= 4 is 6.03 Å². The highest BCUT2D eigenvalue weighted by Crippen LogP contribution is 2.49. The number of nitriles is 1. The minimum absolute atomic E-state index is 0.0124. The van der Waals surface area contributed by atoms with Crippen LogP contribution in [0.25, 0.3) is 0 Å². The highest BCUT2D eigenvalue weighted by atomic mass is 16.2. The zero-order valence-electron chi connectivity index (χ0n) is 20.5. The van der Waals surface area contributed by atoms with E-state index in [2.05, 4.69) is 60.3 Å². The van der Waals surface area contributed by atoms with Crippen LogP contribution >= 0.6 is 0 Å². The van der Waals surface area contributed by atoms with Gasteiger partial charge >= 0.3 is 6.03 Å². The average molecular weight is 457 g/mol. The molecule has 0 atom stereocenters. The number of nitrogens with zero attached hydrogens (tertiary/aromatic N) is 4. The van der Waals surface area contributed by atoms with E-state index in [1.165, 1.54) is 24.8 Å². The molecule has 2 aromatic rings. The summed E-state index contributed by atoms with van der Waals surface area (Å²) in [5.41, 5.74) is 2.90. The van der Waals surface area contributed by atoms with Crippen molar-refractivity contribution in [3.63, 3.8) is 0 Å². The normalized spacial score (nSPS) is 27.3. The number of carbonyl (C=O) groups excluding carboxylic acids is 1. The molecule has 1 spiro atoms. The summed E-state index contributed by atoms with van der Waals surface area (Å²) in [6, 6.07) is 21.0. The Morgan fingerprint density at radius 1 is 1.00 bits per heavy atom. The van der Waals surface area contributed by atoms with Crippen molar-refractivity contribution < 1.29 is 4.79 Å². The molecule has 2 aromatic carbocycles. The van der Waals surface area contributed by atoms with E-state index < -0.39 is 0 Å². The number of benzene rings is 2. The molecule has 34 heavy (non-hydrogen) atoms. The first-order valence-corrected chi connectivity index (χ1v) is 12.7. The molecule has 5 heteroatoms. The Labute approximate surface area is 204 Å². The molecule has 5 rings (SSSR count). The van der Waals surface area contributed by atoms with Crippen molar-refractivity contribution in [1.82, 2.24) is 14.7 Å². The fourth-order valence-electron chi connectivity index (χ4n) is 6.48. The van der Waals surface area contributed by atoms with Gasteiger partial charge in [0.2, 0.25) is 0 Å². The minimum atomic E-state index is -0.109. The maximum atomic E-state index is 13.8. The van der Waals surface area contributed by atoms with Crippen LogP contribution in [0.2, 0.25) is 0 Å². The molecule has 178 valence electrons. The van der Waals surface area contributed by atoms with Crippen LogP contribution in [0.15, 0.2) is 54.6 Å². The standard InChI is InChI=1S/C29H36N4O/c1-31(2)29(26-13-4-3-5-14-26)17-15-28(16-18-29)22-32(21-25-12-7-6-11-24(25)19-30)27(34)33(28)20-23-9-8-10-23/h3-7,11-14,23H,8-10,15-18,20-22H2,1-2H3. The lowest BCUT2D eigenvalue weighted by Gasteiger charge is -2.51. The fraction of sp³-hybridized carbons (Fsp3) is 0.517. The van der Waals surface area contributed by atoms with Crippen molar-refractivity contribution in [2.45, 2.75) is 62.6 Å². The van der Waals surface area contributed by atoms with Gasteiger partial charge in [-0.05, 0) is 75.7 Å². The quantitative estimate of drug-likeness (QED) is 0.587. The van der Waals surface area contributed by atoms with E-state index in [1.807, 2.05) is 29.2 Å². The molecule has 0 radical (unpaired) electrons. The van der Waals surface area contributed by atoms with Crippen molar-refractivity contribution in [2.24, 2.45) is 5.92 Å². The van der Waals surface area contributed by atoms with E-state index in [4.69, 9.17) is 0 Å². The van der Waals surface area contributed by atoms with Crippen LogP contribution in [-0.4, -0.2) is 53.5 Å². The zero-order chi connectivity index (χ0) is 23.8. The van der Waals surface area contributed by atoms with Crippen molar-refractivity contribution in [3.05, 3.63) is 71.3 Å². The van der Waals surface area contributed by atoms with Crippen LogP contribution in [0.3, 0.4) is 0 Å². The molecule has 0 bridgehead atoms. The molecule has 2 saturated carbocycles. The Hall–Kier alpha value is -2.84. The average Bonchev–Trinajstić information content (AvgIpc) is 3.07. The van der Waals surface area contributed by atoms with Crippen LogP contribution < -0.4 is 0 Å². The minimum Gasteiger partial charge on any atom is -0.318 e. The van der Waals surface area contributed by atoms with Gasteiger partial charge in [-0.15, -0.1) is 0 Å². The number of amides is 2. The summed E-state index contributed by atoms with van der Waals surface area (Å²) in [6.07, 6.45) is 7.87. The van der Waals surface area contributed by atoms with Gasteiger partial charge in [0.25, 0.3) is 0 Å². The maximum Gasteiger partial charge on any atom is 0.320 e. The third kappa shape index (κ3) is 3.88. The molecular formula is C29H36N4O. The summed E-state index contributed by atoms with van der Waals surface area (Å²) in [6.45, 7) is 2.16. The largest absolute Gasteiger partial charge is 0.320 e. The summed E-state index contributed by atoms with van der Waals surface area (Å²) >= 11 is 0. The van der Waals surface area contributed by atoms with Gasteiger partial charge in [-0.25, -0.2) is 4.79 Å². The monoisotopic (exact) mass is 456 g/mol. The highest BCUT2D eigenvalue weighted by Gasteiger charge is 2.54. The summed E-state index contributed by atoms with van der Waals surface area (Å²) in [5, 5.41) is 9.56. The van der Waals surface area contributed by atoms with Crippen LogP contribution in [-0.2, 0) is 12.1 Å². The first-order valence-electron chi connectivity index (χ1n) is 12.7. The molecule has 0 N–H and O–H groups in total. The highest BCUT2D eigenvalue weighted by molar-refractivity contribution is 5.78. The number of hydrogen-bond acceptors (Lipinski definition) is 3. The van der Waals surface area contributed by atoms with Crippen LogP contribution in [0, 0.1) is 17.2 Å². The lowest BCUT2D eigenvalue weighted by molar-refractivity contribution is 0.0159. The molecule has 0 aromatic heterocycles. The Balaban J connectivity index is 1.42. The number of carbonyl (C=O) groups is 1. The van der Waals surface area contributed by atoms with Gasteiger partial charge < -0.3 is 9.80 Å². The second-order valence-electron chi connectivity index (χ2n) is 10.8. The maximum absolute atomic E-state index is 13.8. The summed E-state index contributed by atoms with van der Waals surface area (Å²) in [5.74, 6) is 0.641. The first-order chi connectivity index (χ1) is 16.5. The summed E-state index contributed by atoms with van der Waals surface area (Å²) < 4.78 is 0. The molecular weight excluding hydrogens is 420 g/mol. The molecule has 0 unspecified atom stereocenters. The van der Waals surface area contributed by atoms with Gasteiger partial charge in [-0.1, -0.05) is 55.0 Å². The molecule has 5 nitrogen and oxygen atoms in total. The lowest BCUT2D eigenvalue weighted by atomic mass is 9.68. The Kier molecular flexibility index (Phi) is 6.12. The SMILES string of the molecule is CN(C)C1(c2ccccc2)CCC2(CC1)CN(Cc1ccccc1C#N)C(=O)N2CC1CCC1. The molecule has 3 fully saturated rings. The fourth-order valence-corrected chi connectivity index (χ4v) is 6.48. The van der Waals surface area contributed by atoms with Gasteiger partial charge in [0, 0.05) is 25.2 Å². The van der Waals surface area contributed by atoms with E-state index in [1.54, 1.807) is 0 Å². The summed E-state index contributed by atoms with van der Waals surface area (Å²) in [7, 11) is 4.39. The molecule has 1 aliphatic heterocycles. The first kappa shape index (κ1) is 22.9. The van der Waals surface area contributed by atoms with Crippen molar-refractivity contribution in [3.8, 4) is 6.07 Å². The van der Waals surface area contributed by atoms with Gasteiger partial charge in [0.05, 0.1) is 17.2 Å². The molecule has 1 heterocycles. The second-order valence-corrected chi connectivity index (χ2v) is 10.8. The van der Waals surface area contributed by atoms with E-state index in [0.29, 0.717) is 18.0 Å². The van der Waals surface area contributed by atoms with Gasteiger partial charge in [-0.2, -0.15) is 5.26 Å². The Morgan fingerprint density at radius 3 is 2.29 bits per heavy atom. The van der Waals surface area contributed by atoms with Crippen LogP contribution in [0.1, 0.15) is 61.6 Å². The number of urea groups is 1. The molecule has 2 amide bonds. The molecule has 3 aliphatic rings. The van der Waals surface area contributed by atoms with Crippen LogP contribution in [0.4, 0.5) is 4.79 Å². The third-order valence-corrected chi connectivity index (χ3v) is 8.90. The van der Waals surface area contributed by atoms with Gasteiger partial charge in [0.15, 0.2) is 0 Å². The van der Waals surface area contributed by atoms with E-state index in [-0.39, 0.29) is 17.1 Å². The van der Waals surface area contributed by atoms with E-state index in [0.717, 1.165) is 44.3 Å². The molecule has 1 saturated heterocycles. The number of rotatable bonds is 6. The predicted molar refractivity (Wildman–Crippen MR) is 134 cm³/mol. The number of hydrogen-bond donors (Lipinski definition) is 0. The van der Waals surface area contributed by atoms with Gasteiger partial charge in [0.1, 0.15) is 0 Å². The van der Waals surface area contributed by atoms with Crippen molar-refractivity contribution in [2.75, 3.05) is 27.2 Å². The third-order valence-electron chi connectivity index (χ3n) is 8.90.